The number of carbonyl (C=O) groups excluding carboxylic acids is 2. The van der Waals surface area contributed by atoms with Gasteiger partial charge < -0.3 is 15.2 Å². The van der Waals surface area contributed by atoms with Gasteiger partial charge in [0.05, 0.1) is 7.11 Å². The molecule has 1 aliphatic carbocycles. The molecule has 4 rings (SSSR count). The molecule has 0 bridgehead atoms. The lowest BCUT2D eigenvalue weighted by Crippen LogP contribution is -2.38. The number of carbonyl (C=O) groups is 2. The number of ketones is 1. The van der Waals surface area contributed by atoms with Gasteiger partial charge in [-0.1, -0.05) is 24.3 Å². The van der Waals surface area contributed by atoms with E-state index in [1.807, 2.05) is 30.3 Å². The first-order chi connectivity index (χ1) is 13.0. The number of nitrogens with one attached hydrogen (secondary N) is 1. The largest absolute Gasteiger partial charge is 0.508 e. The summed E-state index contributed by atoms with van der Waals surface area (Å²) in [5.41, 5.74) is 3.22. The molecule has 0 aromatic heterocycles. The van der Waals surface area contributed by atoms with Gasteiger partial charge in [0.2, 0.25) is 5.91 Å². The predicted octanol–water partition coefficient (Wildman–Crippen LogP) is 3.41. The summed E-state index contributed by atoms with van der Waals surface area (Å²) in [5.74, 6) is 0.552. The van der Waals surface area contributed by atoms with Crippen LogP contribution in [0.25, 0.3) is 0 Å². The summed E-state index contributed by atoms with van der Waals surface area (Å²) in [4.78, 5) is 25.3. The fraction of sp³-hybridized carbons (Fsp3) is 0.273. The van der Waals surface area contributed by atoms with Crippen molar-refractivity contribution in [1.82, 2.24) is 5.32 Å². The lowest BCUT2D eigenvalue weighted by molar-refractivity contribution is -0.122. The van der Waals surface area contributed by atoms with Gasteiger partial charge in [0.25, 0.3) is 0 Å². The minimum absolute atomic E-state index is 0.00887. The Bertz CT molecular complexity index is 947. The number of phenolic OH excluding ortho intramolecular Hbond substituents is 1. The van der Waals surface area contributed by atoms with Crippen molar-refractivity contribution in [2.75, 3.05) is 7.11 Å². The Labute approximate surface area is 157 Å². The van der Waals surface area contributed by atoms with Gasteiger partial charge in [0, 0.05) is 30.0 Å². The van der Waals surface area contributed by atoms with Crippen LogP contribution in [0, 0.1) is 0 Å². The SMILES string of the molecule is COc1cccc(C2CC(=O)C3=C(C2)NC(=O)CC3c2cccc(O)c2)c1. The van der Waals surface area contributed by atoms with E-state index in [-0.39, 0.29) is 35.7 Å². The number of ether oxygens (including phenoxy) is 1. The maximum absolute atomic E-state index is 13.0. The first-order valence-electron chi connectivity index (χ1n) is 9.04. The highest BCUT2D eigenvalue weighted by atomic mass is 16.5. The maximum Gasteiger partial charge on any atom is 0.225 e. The van der Waals surface area contributed by atoms with E-state index in [1.165, 1.54) is 0 Å². The normalized spacial score (nSPS) is 22.3. The Hall–Kier alpha value is -3.08. The molecule has 2 aliphatic rings. The summed E-state index contributed by atoms with van der Waals surface area (Å²) in [6.07, 6.45) is 1.23. The van der Waals surface area contributed by atoms with Gasteiger partial charge in [0.1, 0.15) is 11.5 Å². The third-order valence-electron chi connectivity index (χ3n) is 5.37. The molecule has 2 aromatic rings. The van der Waals surface area contributed by atoms with E-state index in [9.17, 15) is 14.7 Å². The van der Waals surface area contributed by atoms with Crippen LogP contribution in [0.3, 0.4) is 0 Å². The molecule has 1 heterocycles. The van der Waals surface area contributed by atoms with Crippen LogP contribution in [0.1, 0.15) is 42.2 Å². The van der Waals surface area contributed by atoms with Crippen LogP contribution in [-0.2, 0) is 9.59 Å². The summed E-state index contributed by atoms with van der Waals surface area (Å²) in [5, 5.41) is 12.7. The number of rotatable bonds is 3. The summed E-state index contributed by atoms with van der Waals surface area (Å²) in [6.45, 7) is 0. The topological polar surface area (TPSA) is 75.6 Å². The molecule has 138 valence electrons. The number of benzene rings is 2. The number of aromatic hydroxyl groups is 1. The molecule has 1 amide bonds. The molecule has 1 aliphatic heterocycles. The van der Waals surface area contributed by atoms with Crippen molar-refractivity contribution in [2.45, 2.75) is 31.1 Å². The molecule has 0 saturated carbocycles. The molecule has 0 spiro atoms. The van der Waals surface area contributed by atoms with Crippen molar-refractivity contribution < 1.29 is 19.4 Å². The Balaban J connectivity index is 1.71. The lowest BCUT2D eigenvalue weighted by Gasteiger charge is -2.34. The van der Waals surface area contributed by atoms with Crippen molar-refractivity contribution in [2.24, 2.45) is 0 Å². The third kappa shape index (κ3) is 3.33. The zero-order valence-electron chi connectivity index (χ0n) is 15.1. The van der Waals surface area contributed by atoms with Crippen LogP contribution in [0.5, 0.6) is 11.5 Å². The number of Topliss-reactive ketones (excluding diaryl/α,β-unsaturated/α-hetero) is 1. The van der Waals surface area contributed by atoms with Gasteiger partial charge in [-0.2, -0.15) is 0 Å². The van der Waals surface area contributed by atoms with Gasteiger partial charge in [0.15, 0.2) is 5.78 Å². The molecule has 0 radical (unpaired) electrons. The van der Waals surface area contributed by atoms with Crippen molar-refractivity contribution in [3.05, 3.63) is 70.9 Å². The number of hydrogen-bond acceptors (Lipinski definition) is 4. The lowest BCUT2D eigenvalue weighted by atomic mass is 9.73. The number of hydrogen-bond donors (Lipinski definition) is 2. The van der Waals surface area contributed by atoms with Crippen molar-refractivity contribution in [3.8, 4) is 11.5 Å². The van der Waals surface area contributed by atoms with Crippen LogP contribution >= 0.6 is 0 Å². The third-order valence-corrected chi connectivity index (χ3v) is 5.37. The van der Waals surface area contributed by atoms with E-state index in [0.29, 0.717) is 24.1 Å². The minimum Gasteiger partial charge on any atom is -0.508 e. The van der Waals surface area contributed by atoms with E-state index >= 15 is 0 Å². The zero-order chi connectivity index (χ0) is 19.0. The first-order valence-corrected chi connectivity index (χ1v) is 9.04. The van der Waals surface area contributed by atoms with Crippen LogP contribution < -0.4 is 10.1 Å². The average molecular weight is 363 g/mol. The van der Waals surface area contributed by atoms with E-state index in [4.69, 9.17) is 4.74 Å². The van der Waals surface area contributed by atoms with Crippen LogP contribution in [-0.4, -0.2) is 23.9 Å². The number of allylic oxidation sites excluding steroid dienone is 2. The summed E-state index contributed by atoms with van der Waals surface area (Å²) in [7, 11) is 1.62. The minimum atomic E-state index is -0.306. The molecule has 2 atom stereocenters. The van der Waals surface area contributed by atoms with Crippen molar-refractivity contribution >= 4 is 11.7 Å². The molecule has 2 aromatic carbocycles. The fourth-order valence-corrected chi connectivity index (χ4v) is 4.12. The molecule has 2 N–H and O–H groups in total. The van der Waals surface area contributed by atoms with Crippen LogP contribution in [0.15, 0.2) is 59.8 Å². The molecular weight excluding hydrogens is 342 g/mol. The molecule has 0 saturated heterocycles. The molecular formula is C22H21NO4. The van der Waals surface area contributed by atoms with Crippen molar-refractivity contribution in [3.63, 3.8) is 0 Å². The van der Waals surface area contributed by atoms with E-state index < -0.39 is 0 Å². The molecule has 5 heteroatoms. The fourth-order valence-electron chi connectivity index (χ4n) is 4.12. The van der Waals surface area contributed by atoms with Gasteiger partial charge >= 0.3 is 0 Å². The Morgan fingerprint density at radius 1 is 1.00 bits per heavy atom. The highest BCUT2D eigenvalue weighted by Gasteiger charge is 2.38. The second-order valence-electron chi connectivity index (χ2n) is 7.10. The Morgan fingerprint density at radius 3 is 2.56 bits per heavy atom. The smallest absolute Gasteiger partial charge is 0.225 e. The summed E-state index contributed by atoms with van der Waals surface area (Å²) < 4.78 is 5.29. The molecule has 2 unspecified atom stereocenters. The molecule has 0 fully saturated rings. The second kappa shape index (κ2) is 6.91. The molecule has 27 heavy (non-hydrogen) atoms. The summed E-state index contributed by atoms with van der Waals surface area (Å²) in [6, 6.07) is 14.5. The number of methoxy groups -OCH3 is 1. The van der Waals surface area contributed by atoms with E-state index in [1.54, 1.807) is 25.3 Å². The monoisotopic (exact) mass is 363 g/mol. The van der Waals surface area contributed by atoms with Crippen LogP contribution in [0.2, 0.25) is 0 Å². The maximum atomic E-state index is 13.0. The number of phenols is 1. The Morgan fingerprint density at radius 2 is 1.78 bits per heavy atom. The number of amides is 1. The van der Waals surface area contributed by atoms with Crippen LogP contribution in [0.4, 0.5) is 0 Å². The second-order valence-corrected chi connectivity index (χ2v) is 7.10. The van der Waals surface area contributed by atoms with Gasteiger partial charge in [-0.3, -0.25) is 9.59 Å². The van der Waals surface area contributed by atoms with Crippen molar-refractivity contribution in [1.29, 1.82) is 0 Å². The molecule has 5 nitrogen and oxygen atoms in total. The highest BCUT2D eigenvalue weighted by Crippen LogP contribution is 2.43. The van der Waals surface area contributed by atoms with E-state index in [2.05, 4.69) is 5.32 Å². The first kappa shape index (κ1) is 17.3. The average Bonchev–Trinajstić information content (AvgIpc) is 2.67. The predicted molar refractivity (Wildman–Crippen MR) is 101 cm³/mol. The quantitative estimate of drug-likeness (QED) is 0.876. The van der Waals surface area contributed by atoms with E-state index in [0.717, 1.165) is 16.9 Å². The van der Waals surface area contributed by atoms with Gasteiger partial charge in [-0.05, 0) is 47.7 Å². The zero-order valence-corrected chi connectivity index (χ0v) is 15.1. The Kier molecular flexibility index (Phi) is 4.44. The van der Waals surface area contributed by atoms with Gasteiger partial charge in [-0.25, -0.2) is 0 Å². The standard InChI is InChI=1S/C22H21NO4/c1-27-17-7-3-4-13(9-17)15-10-19-22(20(25)11-15)18(12-21(26)23-19)14-5-2-6-16(24)8-14/h2-9,15,18,24H,10-12H2,1H3,(H,23,26). The highest BCUT2D eigenvalue weighted by molar-refractivity contribution is 6.02. The van der Waals surface area contributed by atoms with Gasteiger partial charge in [-0.15, -0.1) is 0 Å². The summed E-state index contributed by atoms with van der Waals surface area (Å²) >= 11 is 0.